The highest BCUT2D eigenvalue weighted by Gasteiger charge is 2.05. The monoisotopic (exact) mass is 163 g/mol. The second-order valence-corrected chi connectivity index (χ2v) is 2.50. The lowest BCUT2D eigenvalue weighted by Gasteiger charge is -1.95. The number of imidazole rings is 1. The van der Waals surface area contributed by atoms with Crippen LogP contribution in [0, 0.1) is 0 Å². The van der Waals surface area contributed by atoms with E-state index in [1.165, 1.54) is 11.0 Å². The fraction of sp³-hybridized carbons (Fsp3) is 0.286. The van der Waals surface area contributed by atoms with Crippen LogP contribution in [0.3, 0.4) is 0 Å². The summed E-state index contributed by atoms with van der Waals surface area (Å²) >= 11 is 0. The van der Waals surface area contributed by atoms with Gasteiger partial charge in [0.05, 0.1) is 5.69 Å². The third kappa shape index (κ3) is 0.827. The number of nitrogens with two attached hydrogens (primary N) is 1. The standard InChI is InChI=1S/C7H9N5/c1-2-5-6-7(10-3-9-5)12(8)4-11-6/h3-4H,2,8H2,1H3. The SMILES string of the molecule is CCc1ncnc2c1ncn2N. The van der Waals surface area contributed by atoms with E-state index in [4.69, 9.17) is 5.84 Å². The molecular formula is C7H9N5. The molecule has 0 radical (unpaired) electrons. The van der Waals surface area contributed by atoms with Gasteiger partial charge in [0.25, 0.3) is 0 Å². The van der Waals surface area contributed by atoms with E-state index in [-0.39, 0.29) is 0 Å². The molecule has 5 heteroatoms. The highest BCUT2D eigenvalue weighted by molar-refractivity contribution is 5.72. The van der Waals surface area contributed by atoms with Crippen LogP contribution >= 0.6 is 0 Å². The molecule has 5 nitrogen and oxygen atoms in total. The predicted molar refractivity (Wildman–Crippen MR) is 44.9 cm³/mol. The van der Waals surface area contributed by atoms with Gasteiger partial charge in [0.1, 0.15) is 18.2 Å². The molecule has 0 aromatic carbocycles. The van der Waals surface area contributed by atoms with Crippen LogP contribution in [-0.4, -0.2) is 19.6 Å². The summed E-state index contributed by atoms with van der Waals surface area (Å²) in [6.45, 7) is 2.03. The van der Waals surface area contributed by atoms with Crippen molar-refractivity contribution in [1.82, 2.24) is 19.6 Å². The molecule has 0 unspecified atom stereocenters. The van der Waals surface area contributed by atoms with Crippen molar-refractivity contribution in [2.45, 2.75) is 13.3 Å². The average Bonchev–Trinajstić information content (AvgIpc) is 2.48. The lowest BCUT2D eigenvalue weighted by molar-refractivity contribution is 0.992. The van der Waals surface area contributed by atoms with Crippen molar-refractivity contribution < 1.29 is 0 Å². The van der Waals surface area contributed by atoms with E-state index in [1.54, 1.807) is 6.33 Å². The maximum absolute atomic E-state index is 5.56. The van der Waals surface area contributed by atoms with Gasteiger partial charge >= 0.3 is 0 Å². The van der Waals surface area contributed by atoms with E-state index < -0.39 is 0 Å². The van der Waals surface area contributed by atoms with Crippen molar-refractivity contribution in [2.75, 3.05) is 5.84 Å². The third-order valence-corrected chi connectivity index (χ3v) is 1.77. The topological polar surface area (TPSA) is 69.6 Å². The summed E-state index contributed by atoms with van der Waals surface area (Å²) in [6, 6.07) is 0. The Morgan fingerprint density at radius 2 is 2.25 bits per heavy atom. The van der Waals surface area contributed by atoms with Gasteiger partial charge in [0.2, 0.25) is 0 Å². The molecule has 0 saturated carbocycles. The van der Waals surface area contributed by atoms with E-state index in [0.717, 1.165) is 17.6 Å². The molecule has 0 fully saturated rings. The van der Waals surface area contributed by atoms with Gasteiger partial charge in [-0.1, -0.05) is 6.92 Å². The lowest BCUT2D eigenvalue weighted by atomic mass is 10.3. The number of aryl methyl sites for hydroxylation is 1. The van der Waals surface area contributed by atoms with E-state index in [1.807, 2.05) is 6.92 Å². The molecule has 12 heavy (non-hydrogen) atoms. The van der Waals surface area contributed by atoms with Crippen molar-refractivity contribution in [3.63, 3.8) is 0 Å². The van der Waals surface area contributed by atoms with Crippen molar-refractivity contribution >= 4 is 11.2 Å². The first kappa shape index (κ1) is 7.02. The minimum absolute atomic E-state index is 0.682. The molecule has 2 aromatic heterocycles. The zero-order valence-corrected chi connectivity index (χ0v) is 6.73. The number of nitrogens with zero attached hydrogens (tertiary/aromatic N) is 4. The second kappa shape index (κ2) is 2.44. The Hall–Kier alpha value is -1.65. The highest BCUT2D eigenvalue weighted by Crippen LogP contribution is 2.10. The van der Waals surface area contributed by atoms with Crippen LogP contribution in [-0.2, 0) is 6.42 Å². The Bertz CT molecular complexity index is 405. The quantitative estimate of drug-likeness (QED) is 0.605. The van der Waals surface area contributed by atoms with Crippen molar-refractivity contribution in [1.29, 1.82) is 0 Å². The summed E-state index contributed by atoms with van der Waals surface area (Å²) < 4.78 is 1.40. The molecule has 2 aromatic rings. The smallest absolute Gasteiger partial charge is 0.181 e. The number of fused-ring (bicyclic) bond motifs is 1. The lowest BCUT2D eigenvalue weighted by Crippen LogP contribution is -2.06. The van der Waals surface area contributed by atoms with E-state index in [0.29, 0.717) is 5.65 Å². The predicted octanol–water partition coefficient (Wildman–Crippen LogP) is 0.102. The Morgan fingerprint density at radius 1 is 1.42 bits per heavy atom. The Balaban J connectivity index is 2.81. The van der Waals surface area contributed by atoms with Gasteiger partial charge in [-0.3, -0.25) is 0 Å². The summed E-state index contributed by atoms with van der Waals surface area (Å²) in [5.74, 6) is 5.56. The van der Waals surface area contributed by atoms with Gasteiger partial charge in [0, 0.05) is 0 Å². The van der Waals surface area contributed by atoms with Crippen LogP contribution < -0.4 is 5.84 Å². The van der Waals surface area contributed by atoms with Crippen molar-refractivity contribution in [3.05, 3.63) is 18.3 Å². The molecule has 0 saturated heterocycles. The maximum atomic E-state index is 5.56. The van der Waals surface area contributed by atoms with Crippen LogP contribution in [0.1, 0.15) is 12.6 Å². The molecular weight excluding hydrogens is 154 g/mol. The van der Waals surface area contributed by atoms with Crippen LogP contribution in [0.2, 0.25) is 0 Å². The van der Waals surface area contributed by atoms with Crippen LogP contribution in [0.4, 0.5) is 0 Å². The minimum atomic E-state index is 0.682. The van der Waals surface area contributed by atoms with E-state index in [9.17, 15) is 0 Å². The zero-order valence-electron chi connectivity index (χ0n) is 6.73. The Kier molecular flexibility index (Phi) is 1.43. The van der Waals surface area contributed by atoms with Crippen LogP contribution in [0.5, 0.6) is 0 Å². The summed E-state index contributed by atoms with van der Waals surface area (Å²) in [6.07, 6.45) is 3.89. The summed E-state index contributed by atoms with van der Waals surface area (Å²) in [7, 11) is 0. The van der Waals surface area contributed by atoms with Crippen LogP contribution in [0.15, 0.2) is 12.7 Å². The molecule has 0 amide bonds. The summed E-state index contributed by atoms with van der Waals surface area (Å²) in [5.41, 5.74) is 2.41. The largest absolute Gasteiger partial charge is 0.336 e. The molecule has 62 valence electrons. The van der Waals surface area contributed by atoms with Gasteiger partial charge in [-0.05, 0) is 6.42 Å². The highest BCUT2D eigenvalue weighted by atomic mass is 15.3. The van der Waals surface area contributed by atoms with Crippen molar-refractivity contribution in [3.8, 4) is 0 Å². The molecule has 2 N–H and O–H groups in total. The molecule has 2 rings (SSSR count). The van der Waals surface area contributed by atoms with Gasteiger partial charge in [-0.15, -0.1) is 0 Å². The Morgan fingerprint density at radius 3 is 3.00 bits per heavy atom. The fourth-order valence-corrected chi connectivity index (χ4v) is 1.16. The molecule has 0 bridgehead atoms. The average molecular weight is 163 g/mol. The molecule has 0 spiro atoms. The third-order valence-electron chi connectivity index (χ3n) is 1.77. The second-order valence-electron chi connectivity index (χ2n) is 2.50. The molecule has 0 aliphatic heterocycles. The summed E-state index contributed by atoms with van der Waals surface area (Å²) in [4.78, 5) is 12.2. The first-order chi connectivity index (χ1) is 5.83. The van der Waals surface area contributed by atoms with Gasteiger partial charge in [-0.25, -0.2) is 19.6 Å². The van der Waals surface area contributed by atoms with E-state index in [2.05, 4.69) is 15.0 Å². The van der Waals surface area contributed by atoms with Gasteiger partial charge in [0.15, 0.2) is 5.65 Å². The Labute approximate surface area is 69.2 Å². The number of hydrogen-bond acceptors (Lipinski definition) is 4. The first-order valence-corrected chi connectivity index (χ1v) is 3.75. The molecule has 0 aliphatic carbocycles. The number of aromatic nitrogens is 4. The molecule has 0 atom stereocenters. The summed E-state index contributed by atoms with van der Waals surface area (Å²) in [5, 5.41) is 0. The maximum Gasteiger partial charge on any atom is 0.181 e. The van der Waals surface area contributed by atoms with Gasteiger partial charge < -0.3 is 5.84 Å². The zero-order chi connectivity index (χ0) is 8.55. The van der Waals surface area contributed by atoms with E-state index >= 15 is 0 Å². The fourth-order valence-electron chi connectivity index (χ4n) is 1.16. The van der Waals surface area contributed by atoms with Crippen molar-refractivity contribution in [2.24, 2.45) is 0 Å². The number of hydrogen-bond donors (Lipinski definition) is 1. The van der Waals surface area contributed by atoms with Gasteiger partial charge in [-0.2, -0.15) is 0 Å². The number of nitrogen functional groups attached to an aromatic ring is 1. The minimum Gasteiger partial charge on any atom is -0.336 e. The van der Waals surface area contributed by atoms with Crippen LogP contribution in [0.25, 0.3) is 11.2 Å². The molecule has 0 aliphatic rings. The first-order valence-electron chi connectivity index (χ1n) is 3.75. The number of rotatable bonds is 1. The molecule has 2 heterocycles. The normalized spacial score (nSPS) is 10.8.